The average molecular weight is 329 g/mol. The standard InChI is InChI=1S/C17H19N3O4/c1-23-10-9-18-15-8-5-13(11-19-15)16(21)20-14-6-3-12(4-7-14)17(22)24-2/h3-8,11H,9-10H2,1-2H3,(H,18,19)(H,20,21). The van der Waals surface area contributed by atoms with Crippen LogP contribution in [0, 0.1) is 0 Å². The van der Waals surface area contributed by atoms with Crippen molar-refractivity contribution in [1.82, 2.24) is 4.98 Å². The second-order valence-corrected chi connectivity index (χ2v) is 4.87. The second-order valence-electron chi connectivity index (χ2n) is 4.87. The van der Waals surface area contributed by atoms with Gasteiger partial charge in [-0.1, -0.05) is 0 Å². The number of aromatic nitrogens is 1. The highest BCUT2D eigenvalue weighted by Crippen LogP contribution is 2.12. The third-order valence-electron chi connectivity index (χ3n) is 3.20. The molecule has 126 valence electrons. The Bertz CT molecular complexity index is 684. The number of methoxy groups -OCH3 is 2. The molecule has 0 saturated carbocycles. The predicted molar refractivity (Wildman–Crippen MR) is 90.3 cm³/mol. The number of benzene rings is 1. The molecule has 1 amide bonds. The lowest BCUT2D eigenvalue weighted by Gasteiger charge is -2.07. The van der Waals surface area contributed by atoms with E-state index in [1.54, 1.807) is 43.5 Å². The van der Waals surface area contributed by atoms with Crippen LogP contribution in [0.3, 0.4) is 0 Å². The number of esters is 1. The van der Waals surface area contributed by atoms with E-state index in [9.17, 15) is 9.59 Å². The van der Waals surface area contributed by atoms with E-state index < -0.39 is 5.97 Å². The van der Waals surface area contributed by atoms with Crippen LogP contribution in [0.5, 0.6) is 0 Å². The van der Waals surface area contributed by atoms with E-state index in [-0.39, 0.29) is 5.91 Å². The molecule has 7 heteroatoms. The molecule has 0 unspecified atom stereocenters. The van der Waals surface area contributed by atoms with E-state index in [0.717, 1.165) is 0 Å². The second kappa shape index (κ2) is 8.64. The summed E-state index contributed by atoms with van der Waals surface area (Å²) in [6.45, 7) is 1.22. The molecule has 0 bridgehead atoms. The van der Waals surface area contributed by atoms with Crippen molar-refractivity contribution in [3.63, 3.8) is 0 Å². The molecular formula is C17H19N3O4. The number of pyridine rings is 1. The molecule has 0 spiro atoms. The van der Waals surface area contributed by atoms with Crippen molar-refractivity contribution in [2.45, 2.75) is 0 Å². The highest BCUT2D eigenvalue weighted by molar-refractivity contribution is 6.04. The topological polar surface area (TPSA) is 89.6 Å². The largest absolute Gasteiger partial charge is 0.465 e. The van der Waals surface area contributed by atoms with Gasteiger partial charge >= 0.3 is 5.97 Å². The highest BCUT2D eigenvalue weighted by atomic mass is 16.5. The third kappa shape index (κ3) is 4.79. The molecule has 2 rings (SSSR count). The Hall–Kier alpha value is -2.93. The molecular weight excluding hydrogens is 310 g/mol. The van der Waals surface area contributed by atoms with Crippen LogP contribution >= 0.6 is 0 Å². The van der Waals surface area contributed by atoms with Crippen molar-refractivity contribution >= 4 is 23.4 Å². The average Bonchev–Trinajstić information content (AvgIpc) is 2.62. The summed E-state index contributed by atoms with van der Waals surface area (Å²) in [5.41, 5.74) is 1.43. The lowest BCUT2D eigenvalue weighted by atomic mass is 10.2. The molecule has 0 aliphatic heterocycles. The summed E-state index contributed by atoms with van der Waals surface area (Å²) < 4.78 is 9.56. The molecule has 0 aliphatic rings. The van der Waals surface area contributed by atoms with Gasteiger partial charge in [-0.2, -0.15) is 0 Å². The molecule has 1 heterocycles. The van der Waals surface area contributed by atoms with Gasteiger partial charge in [-0.05, 0) is 36.4 Å². The van der Waals surface area contributed by atoms with Crippen molar-refractivity contribution in [3.05, 3.63) is 53.7 Å². The van der Waals surface area contributed by atoms with Crippen LogP contribution in [0.2, 0.25) is 0 Å². The molecule has 2 aromatic rings. The molecule has 2 N–H and O–H groups in total. The Kier molecular flexibility index (Phi) is 6.27. The number of hydrogen-bond acceptors (Lipinski definition) is 6. The van der Waals surface area contributed by atoms with Crippen LogP contribution < -0.4 is 10.6 Å². The van der Waals surface area contributed by atoms with Crippen LogP contribution in [-0.2, 0) is 9.47 Å². The number of carbonyl (C=O) groups is 2. The van der Waals surface area contributed by atoms with Gasteiger partial charge in [0, 0.05) is 25.5 Å². The molecule has 1 aromatic carbocycles. The number of anilines is 2. The summed E-state index contributed by atoms with van der Waals surface area (Å²) in [6.07, 6.45) is 1.49. The summed E-state index contributed by atoms with van der Waals surface area (Å²) in [7, 11) is 2.94. The van der Waals surface area contributed by atoms with Crippen molar-refractivity contribution in [2.75, 3.05) is 38.0 Å². The number of nitrogens with one attached hydrogen (secondary N) is 2. The maximum atomic E-state index is 12.2. The van der Waals surface area contributed by atoms with Crippen molar-refractivity contribution in [1.29, 1.82) is 0 Å². The molecule has 7 nitrogen and oxygen atoms in total. The van der Waals surface area contributed by atoms with Crippen LogP contribution in [0.1, 0.15) is 20.7 Å². The number of ether oxygens (including phenoxy) is 2. The van der Waals surface area contributed by atoms with Crippen LogP contribution in [0.25, 0.3) is 0 Å². The number of nitrogens with zero attached hydrogens (tertiary/aromatic N) is 1. The normalized spacial score (nSPS) is 10.1. The number of rotatable bonds is 7. The first-order chi connectivity index (χ1) is 11.6. The fraction of sp³-hybridized carbons (Fsp3) is 0.235. The monoisotopic (exact) mass is 329 g/mol. The summed E-state index contributed by atoms with van der Waals surface area (Å²) in [5.74, 6) is -0.0311. The maximum absolute atomic E-state index is 12.2. The quantitative estimate of drug-likeness (QED) is 0.598. The Morgan fingerprint density at radius 3 is 2.33 bits per heavy atom. The molecule has 0 saturated heterocycles. The van der Waals surface area contributed by atoms with E-state index in [1.807, 2.05) is 0 Å². The highest BCUT2D eigenvalue weighted by Gasteiger charge is 2.08. The zero-order valence-corrected chi connectivity index (χ0v) is 13.5. The smallest absolute Gasteiger partial charge is 0.337 e. The molecule has 0 fully saturated rings. The molecule has 1 aromatic heterocycles. The molecule has 0 atom stereocenters. The van der Waals surface area contributed by atoms with Gasteiger partial charge in [0.25, 0.3) is 5.91 Å². The maximum Gasteiger partial charge on any atom is 0.337 e. The molecule has 24 heavy (non-hydrogen) atoms. The molecule has 0 aliphatic carbocycles. The van der Waals surface area contributed by atoms with Crippen molar-refractivity contribution < 1.29 is 19.1 Å². The van der Waals surface area contributed by atoms with Gasteiger partial charge in [0.15, 0.2) is 0 Å². The Labute approximate surface area is 140 Å². The first-order valence-corrected chi connectivity index (χ1v) is 7.32. The lowest BCUT2D eigenvalue weighted by Crippen LogP contribution is -2.13. The summed E-state index contributed by atoms with van der Waals surface area (Å²) in [6, 6.07) is 9.85. The van der Waals surface area contributed by atoms with Crippen LogP contribution in [0.4, 0.5) is 11.5 Å². The van der Waals surface area contributed by atoms with E-state index in [2.05, 4.69) is 20.4 Å². The fourth-order valence-electron chi connectivity index (χ4n) is 1.92. The van der Waals surface area contributed by atoms with E-state index in [1.165, 1.54) is 13.3 Å². The zero-order chi connectivity index (χ0) is 17.4. The predicted octanol–water partition coefficient (Wildman–Crippen LogP) is 2.18. The van der Waals surface area contributed by atoms with Crippen molar-refractivity contribution in [2.24, 2.45) is 0 Å². The summed E-state index contributed by atoms with van der Waals surface area (Å²) in [4.78, 5) is 27.7. The minimum absolute atomic E-state index is 0.281. The first-order valence-electron chi connectivity index (χ1n) is 7.32. The summed E-state index contributed by atoms with van der Waals surface area (Å²) >= 11 is 0. The number of amides is 1. The van der Waals surface area contributed by atoms with Gasteiger partial charge < -0.3 is 20.1 Å². The van der Waals surface area contributed by atoms with E-state index in [0.29, 0.717) is 35.8 Å². The Morgan fingerprint density at radius 2 is 1.75 bits per heavy atom. The van der Waals surface area contributed by atoms with E-state index >= 15 is 0 Å². The minimum Gasteiger partial charge on any atom is -0.465 e. The van der Waals surface area contributed by atoms with Gasteiger partial charge in [0.1, 0.15) is 5.82 Å². The first kappa shape index (κ1) is 17.4. The Balaban J connectivity index is 1.95. The minimum atomic E-state index is -0.423. The lowest BCUT2D eigenvalue weighted by molar-refractivity contribution is 0.0600. The van der Waals surface area contributed by atoms with Crippen LogP contribution in [0.15, 0.2) is 42.6 Å². The van der Waals surface area contributed by atoms with Crippen molar-refractivity contribution in [3.8, 4) is 0 Å². The molecule has 0 radical (unpaired) electrons. The van der Waals surface area contributed by atoms with Gasteiger partial charge in [-0.15, -0.1) is 0 Å². The number of hydrogen-bond donors (Lipinski definition) is 2. The zero-order valence-electron chi connectivity index (χ0n) is 13.5. The summed E-state index contributed by atoms with van der Waals surface area (Å²) in [5, 5.41) is 5.81. The van der Waals surface area contributed by atoms with Gasteiger partial charge in [-0.25, -0.2) is 9.78 Å². The van der Waals surface area contributed by atoms with Gasteiger partial charge in [0.05, 0.1) is 24.8 Å². The number of carbonyl (C=O) groups excluding carboxylic acids is 2. The van der Waals surface area contributed by atoms with Gasteiger partial charge in [0.2, 0.25) is 0 Å². The fourth-order valence-corrected chi connectivity index (χ4v) is 1.92. The van der Waals surface area contributed by atoms with Crippen LogP contribution in [-0.4, -0.2) is 44.2 Å². The Morgan fingerprint density at radius 1 is 1.04 bits per heavy atom. The third-order valence-corrected chi connectivity index (χ3v) is 3.20. The van der Waals surface area contributed by atoms with E-state index in [4.69, 9.17) is 4.74 Å². The van der Waals surface area contributed by atoms with Gasteiger partial charge in [-0.3, -0.25) is 4.79 Å². The SMILES string of the molecule is COCCNc1ccc(C(=O)Nc2ccc(C(=O)OC)cc2)cn1.